The van der Waals surface area contributed by atoms with Gasteiger partial charge in [-0.2, -0.15) is 49.6 Å². The van der Waals surface area contributed by atoms with Crippen molar-refractivity contribution in [1.29, 1.82) is 0 Å². The van der Waals surface area contributed by atoms with E-state index in [9.17, 15) is 80.7 Å². The number of nitrogens with zero attached hydrogens (tertiary/aromatic N) is 6. The SMILES string of the molecule is CC(C)(CCc1ccc(-c2ccc(Cl)c3c(N(C(=O)NC(COC(=O)C(=O)O)COC(=O)C(=O)O)S(C)(=O)=O)nn(CC(F)(F)F)c23)c([C@H](Cc2cc(F)cc(F)c2)NC(=O)Cn2nc(C(F)(F)F)c3c2C(F)(F)[C@@H]2CC32)n1)S(C)(=O)=O. The molecule has 5 aromatic rings. The molecule has 0 radical (unpaired) electrons. The lowest BCUT2D eigenvalue weighted by atomic mass is 9.93. The zero-order valence-electron chi connectivity index (χ0n) is 42.5. The molecular formula is C47H43ClF10N8O14S2. The Balaban J connectivity index is 1.44. The van der Waals surface area contributed by atoms with Crippen LogP contribution in [0.4, 0.5) is 54.5 Å². The standard InChI is InChI=1S/C47H43ClF10N8O14S2/c1-44(2,81(3,75)76)10-9-23-5-6-25(34(59-23)30(13-20-11-21(49)14-22(50)12-20)61-31(67)16-64-37-32(36(62-64)47(56,57)58)27-15-28(27)46(37,54)55)26-7-8-29(48)33-35(26)65(19-45(51,52)53)63-38(33)66(82(4,77)78)43(74)60-24(17-79-41(72)39(68)69)18-80-42(73)40(70)71/h5-8,11-12,14,24,27-28,30H,9-10,13,15-19H2,1-4H3,(H,60,74)(H,61,67)(H,68,69)(H,70,71)/t27?,28-,30+/m1/s1. The summed E-state index contributed by atoms with van der Waals surface area (Å²) in [6.07, 6.45) is -10.9. The lowest BCUT2D eigenvalue weighted by Gasteiger charge is -2.25. The number of ether oxygens (including phenoxy) is 2. The number of anilines is 1. The first-order chi connectivity index (χ1) is 37.7. The zero-order valence-corrected chi connectivity index (χ0v) is 44.8. The third kappa shape index (κ3) is 13.3. The van der Waals surface area contributed by atoms with Crippen LogP contribution in [0.25, 0.3) is 22.0 Å². The van der Waals surface area contributed by atoms with Crippen molar-refractivity contribution in [1.82, 2.24) is 35.2 Å². The fourth-order valence-corrected chi connectivity index (χ4v) is 10.6. The number of carboxylic acids is 2. The van der Waals surface area contributed by atoms with Gasteiger partial charge in [0.1, 0.15) is 43.6 Å². The van der Waals surface area contributed by atoms with Crippen LogP contribution in [0.1, 0.15) is 72.6 Å². The van der Waals surface area contributed by atoms with Crippen molar-refractivity contribution in [3.05, 3.63) is 93.0 Å². The number of pyridine rings is 1. The monoisotopic (exact) mass is 1230 g/mol. The Kier molecular flexibility index (Phi) is 16.8. The van der Waals surface area contributed by atoms with E-state index in [4.69, 9.17) is 21.8 Å². The Hall–Kier alpha value is -7.62. The maximum atomic E-state index is 15.7. The van der Waals surface area contributed by atoms with Gasteiger partial charge < -0.3 is 30.3 Å². The van der Waals surface area contributed by atoms with Crippen LogP contribution in [0.15, 0.2) is 42.5 Å². The fraction of sp³-hybridized carbons (Fsp3) is 0.426. The molecule has 3 amide bonds. The molecule has 3 aromatic heterocycles. The van der Waals surface area contributed by atoms with Gasteiger partial charge in [-0.15, -0.1) is 0 Å². The minimum absolute atomic E-state index is 0.0500. The topological polar surface area (TPSA) is 305 Å². The minimum Gasteiger partial charge on any atom is -0.473 e. The molecule has 35 heteroatoms. The van der Waals surface area contributed by atoms with Crippen LogP contribution in [-0.2, 0) is 91.3 Å². The summed E-state index contributed by atoms with van der Waals surface area (Å²) < 4.78 is 208. The maximum absolute atomic E-state index is 15.7. The summed E-state index contributed by atoms with van der Waals surface area (Å²) in [5, 5.41) is 27.9. The summed E-state index contributed by atoms with van der Waals surface area (Å²) in [5.74, 6) is -20.1. The van der Waals surface area contributed by atoms with Crippen LogP contribution < -0.4 is 14.9 Å². The molecule has 3 atom stereocenters. The van der Waals surface area contributed by atoms with Crippen LogP contribution >= 0.6 is 11.6 Å². The first-order valence-corrected chi connectivity index (χ1v) is 27.7. The smallest absolute Gasteiger partial charge is 0.435 e. The molecule has 22 nitrogen and oxygen atoms in total. The summed E-state index contributed by atoms with van der Waals surface area (Å²) in [6, 6.07) is 0.422. The Bertz CT molecular complexity index is 3640. The van der Waals surface area contributed by atoms with Gasteiger partial charge in [0.25, 0.3) is 5.92 Å². The third-order valence-electron chi connectivity index (χ3n) is 13.2. The number of hydrogen-bond acceptors (Lipinski definition) is 15. The lowest BCUT2D eigenvalue weighted by molar-refractivity contribution is -0.166. The second-order valence-corrected chi connectivity index (χ2v) is 24.5. The molecule has 3 heterocycles. The third-order valence-corrected chi connectivity index (χ3v) is 16.7. The number of amides is 3. The first-order valence-electron chi connectivity index (χ1n) is 23.6. The van der Waals surface area contributed by atoms with Gasteiger partial charge in [0.05, 0.1) is 44.7 Å². The Morgan fingerprint density at radius 1 is 0.854 bits per heavy atom. The van der Waals surface area contributed by atoms with Gasteiger partial charge in [-0.05, 0) is 75.3 Å². The number of aromatic nitrogens is 5. The van der Waals surface area contributed by atoms with Crippen molar-refractivity contribution < 1.29 is 109 Å². The number of aryl methyl sites for hydroxylation is 1. The van der Waals surface area contributed by atoms with Gasteiger partial charge in [0.15, 0.2) is 21.3 Å². The number of rotatable bonds is 19. The van der Waals surface area contributed by atoms with Crippen LogP contribution in [0.2, 0.25) is 5.02 Å². The number of esters is 2. The van der Waals surface area contributed by atoms with Gasteiger partial charge in [0.2, 0.25) is 15.9 Å². The molecule has 7 rings (SSSR count). The molecule has 2 aromatic carbocycles. The van der Waals surface area contributed by atoms with E-state index in [1.165, 1.54) is 19.9 Å². The molecule has 0 bridgehead atoms. The number of fused-ring (bicyclic) bond motifs is 4. The van der Waals surface area contributed by atoms with Gasteiger partial charge in [-0.3, -0.25) is 19.1 Å². The average molecular weight is 1230 g/mol. The van der Waals surface area contributed by atoms with E-state index in [2.05, 4.69) is 30.0 Å². The van der Waals surface area contributed by atoms with E-state index < -0.39 is 202 Å². The van der Waals surface area contributed by atoms with E-state index >= 15 is 8.78 Å². The van der Waals surface area contributed by atoms with E-state index in [1.54, 1.807) is 0 Å². The zero-order chi connectivity index (χ0) is 61.1. The number of carboxylic acid groups (broad SMARTS) is 2. The number of aliphatic carboxylic acids is 2. The minimum atomic E-state index is -5.30. The van der Waals surface area contributed by atoms with Crippen molar-refractivity contribution in [3.8, 4) is 11.1 Å². The van der Waals surface area contributed by atoms with Crippen molar-refractivity contribution in [2.24, 2.45) is 5.92 Å². The predicted octanol–water partition coefficient (Wildman–Crippen LogP) is 5.97. The van der Waals surface area contributed by atoms with Gasteiger partial charge in [-0.25, -0.2) is 49.6 Å². The van der Waals surface area contributed by atoms with E-state index in [-0.39, 0.29) is 44.2 Å². The summed E-state index contributed by atoms with van der Waals surface area (Å²) in [5.41, 5.74) is -6.28. The molecule has 0 aliphatic heterocycles. The molecule has 2 aliphatic rings. The number of halogens is 11. The highest BCUT2D eigenvalue weighted by Crippen LogP contribution is 2.68. The van der Waals surface area contributed by atoms with Crippen LogP contribution in [-0.4, -0.2) is 130 Å². The number of alkyl halides is 8. The molecule has 2 aliphatic carbocycles. The van der Waals surface area contributed by atoms with E-state index in [0.717, 1.165) is 36.6 Å². The molecule has 1 saturated carbocycles. The summed E-state index contributed by atoms with van der Waals surface area (Å²) in [6.45, 7) is -3.40. The van der Waals surface area contributed by atoms with Crippen molar-refractivity contribution in [2.75, 3.05) is 30.0 Å². The summed E-state index contributed by atoms with van der Waals surface area (Å²) in [4.78, 5) is 78.9. The number of sulfone groups is 1. The molecule has 0 saturated heterocycles. The molecular weight excluding hydrogens is 1190 g/mol. The summed E-state index contributed by atoms with van der Waals surface area (Å²) in [7, 11) is -9.02. The second-order valence-electron chi connectivity index (χ2n) is 19.6. The molecule has 1 unspecified atom stereocenters. The average Bonchev–Trinajstić information content (AvgIpc) is 2.93. The highest BCUT2D eigenvalue weighted by atomic mass is 35.5. The first kappa shape index (κ1) is 62.0. The van der Waals surface area contributed by atoms with Gasteiger partial charge in [-0.1, -0.05) is 23.7 Å². The highest BCUT2D eigenvalue weighted by Gasteiger charge is 2.68. The quantitative estimate of drug-likeness (QED) is 0.0420. The van der Waals surface area contributed by atoms with Crippen LogP contribution in [0.5, 0.6) is 0 Å². The second kappa shape index (κ2) is 22.3. The van der Waals surface area contributed by atoms with Crippen molar-refractivity contribution in [3.63, 3.8) is 0 Å². The van der Waals surface area contributed by atoms with Crippen LogP contribution in [0, 0.1) is 17.6 Å². The number of carbonyl (C=O) groups excluding carboxylic acids is 4. The van der Waals surface area contributed by atoms with Gasteiger partial charge >= 0.3 is 42.3 Å². The lowest BCUT2D eigenvalue weighted by Crippen LogP contribution is -2.51. The number of benzene rings is 2. The molecule has 4 N–H and O–H groups in total. The largest absolute Gasteiger partial charge is 0.473 e. The van der Waals surface area contributed by atoms with E-state index in [0.29, 0.717) is 12.3 Å². The molecule has 82 heavy (non-hydrogen) atoms. The number of hydrogen-bond donors (Lipinski definition) is 4. The fourth-order valence-electron chi connectivity index (χ4n) is 9.06. The van der Waals surface area contributed by atoms with Crippen molar-refractivity contribution >= 4 is 84.0 Å². The molecule has 444 valence electrons. The Labute approximate surface area is 460 Å². The highest BCUT2D eigenvalue weighted by molar-refractivity contribution is 7.93. The number of nitrogens with one attached hydrogen (secondary N) is 2. The van der Waals surface area contributed by atoms with E-state index in [1.807, 2.05) is 5.32 Å². The Morgan fingerprint density at radius 2 is 1.44 bits per heavy atom. The Morgan fingerprint density at radius 3 is 1.98 bits per heavy atom. The maximum Gasteiger partial charge on any atom is 0.435 e. The normalized spacial score (nSPS) is 16.3. The summed E-state index contributed by atoms with van der Waals surface area (Å²) >= 11 is 6.63. The van der Waals surface area contributed by atoms with Crippen LogP contribution in [0.3, 0.4) is 0 Å². The number of urea groups is 1. The predicted molar refractivity (Wildman–Crippen MR) is 261 cm³/mol. The molecule has 0 spiro atoms. The number of carbonyl (C=O) groups is 6. The van der Waals surface area contributed by atoms with Crippen molar-refractivity contribution in [2.45, 2.75) is 93.6 Å². The van der Waals surface area contributed by atoms with Gasteiger partial charge in [0, 0.05) is 40.6 Å². The number of sulfonamides is 1. The molecule has 1 fully saturated rings.